The Morgan fingerprint density at radius 2 is 2.00 bits per heavy atom. The molecule has 2 bridgehead atoms. The van der Waals surface area contributed by atoms with Gasteiger partial charge in [-0.25, -0.2) is 0 Å². The topological polar surface area (TPSA) is 3.24 Å². The fourth-order valence-electron chi connectivity index (χ4n) is 3.17. The summed E-state index contributed by atoms with van der Waals surface area (Å²) in [6.07, 6.45) is 4.45. The molecule has 0 radical (unpaired) electrons. The molecule has 1 aliphatic carbocycles. The number of piperidine rings is 1. The van der Waals surface area contributed by atoms with Crippen LogP contribution in [0.25, 0.3) is 0 Å². The molecule has 1 heteroatoms. The summed E-state index contributed by atoms with van der Waals surface area (Å²) in [6, 6.07) is 2.57. The van der Waals surface area contributed by atoms with Crippen molar-refractivity contribution in [3.8, 4) is 0 Å². The predicted octanol–water partition coefficient (Wildman–Crippen LogP) is 2.27. The second-order valence-corrected chi connectivity index (χ2v) is 4.51. The molecular weight excluding hydrogens is 134 g/mol. The van der Waals surface area contributed by atoms with E-state index in [2.05, 4.69) is 25.7 Å². The molecule has 64 valence electrons. The largest absolute Gasteiger partial charge is 0.295 e. The second kappa shape index (κ2) is 2.48. The van der Waals surface area contributed by atoms with Crippen LogP contribution < -0.4 is 0 Å². The van der Waals surface area contributed by atoms with Gasteiger partial charge in [-0.3, -0.25) is 4.90 Å². The zero-order valence-electron chi connectivity index (χ0n) is 7.88. The highest BCUT2D eigenvalue weighted by molar-refractivity contribution is 4.98. The minimum Gasteiger partial charge on any atom is -0.295 e. The molecule has 2 rings (SSSR count). The monoisotopic (exact) mass is 153 g/mol. The summed E-state index contributed by atoms with van der Waals surface area (Å²) in [7, 11) is 0. The maximum Gasteiger partial charge on any atom is 0.0104 e. The normalized spacial score (nSPS) is 44.2. The van der Waals surface area contributed by atoms with Crippen LogP contribution in [0.5, 0.6) is 0 Å². The van der Waals surface area contributed by atoms with E-state index in [1.807, 2.05) is 0 Å². The van der Waals surface area contributed by atoms with Gasteiger partial charge in [-0.15, -0.1) is 0 Å². The summed E-state index contributed by atoms with van der Waals surface area (Å²) in [5, 5.41) is 0. The van der Waals surface area contributed by atoms with Gasteiger partial charge in [0, 0.05) is 18.1 Å². The Hall–Kier alpha value is -0.0400. The second-order valence-electron chi connectivity index (χ2n) is 4.51. The van der Waals surface area contributed by atoms with Crippen molar-refractivity contribution in [1.82, 2.24) is 4.90 Å². The van der Waals surface area contributed by atoms with Crippen LogP contribution >= 0.6 is 0 Å². The van der Waals surface area contributed by atoms with Crippen LogP contribution in [-0.2, 0) is 0 Å². The van der Waals surface area contributed by atoms with E-state index in [1.165, 1.54) is 19.3 Å². The van der Waals surface area contributed by atoms with E-state index in [1.54, 1.807) is 0 Å². The number of rotatable bonds is 1. The molecule has 1 heterocycles. The number of fused-ring (bicyclic) bond motifs is 2. The smallest absolute Gasteiger partial charge is 0.0104 e. The minimum absolute atomic E-state index is 0.764. The summed E-state index contributed by atoms with van der Waals surface area (Å²) >= 11 is 0. The number of hydrogen-bond donors (Lipinski definition) is 0. The molecule has 1 saturated carbocycles. The molecule has 0 N–H and O–H groups in total. The van der Waals surface area contributed by atoms with Gasteiger partial charge in [-0.05, 0) is 46.0 Å². The van der Waals surface area contributed by atoms with Crippen LogP contribution in [0.3, 0.4) is 0 Å². The third-order valence-electron chi connectivity index (χ3n) is 3.62. The molecule has 1 aliphatic heterocycles. The van der Waals surface area contributed by atoms with Crippen molar-refractivity contribution >= 4 is 0 Å². The van der Waals surface area contributed by atoms with Gasteiger partial charge in [-0.1, -0.05) is 0 Å². The molecular formula is C10H19N. The van der Waals surface area contributed by atoms with Crippen LogP contribution in [0.1, 0.15) is 40.0 Å². The van der Waals surface area contributed by atoms with E-state index in [0.717, 1.165) is 24.0 Å². The zero-order valence-corrected chi connectivity index (χ0v) is 7.88. The molecule has 3 atom stereocenters. The van der Waals surface area contributed by atoms with E-state index in [9.17, 15) is 0 Å². The summed E-state index contributed by atoms with van der Waals surface area (Å²) in [6.45, 7) is 7.07. The lowest BCUT2D eigenvalue weighted by molar-refractivity contribution is 0.114. The van der Waals surface area contributed by atoms with Crippen molar-refractivity contribution in [1.29, 1.82) is 0 Å². The lowest BCUT2D eigenvalue weighted by Crippen LogP contribution is -2.43. The summed E-state index contributed by atoms with van der Waals surface area (Å²) in [4.78, 5) is 2.72. The summed E-state index contributed by atoms with van der Waals surface area (Å²) in [5.41, 5.74) is 0. The first-order chi connectivity index (χ1) is 5.20. The number of hydrogen-bond acceptors (Lipinski definition) is 1. The lowest BCUT2D eigenvalue weighted by Gasteiger charge is -2.36. The Labute approximate surface area is 69.8 Å². The molecule has 2 aliphatic rings. The van der Waals surface area contributed by atoms with Crippen molar-refractivity contribution in [3.63, 3.8) is 0 Å². The van der Waals surface area contributed by atoms with Gasteiger partial charge >= 0.3 is 0 Å². The van der Waals surface area contributed by atoms with Gasteiger partial charge in [-0.2, -0.15) is 0 Å². The standard InChI is InChI=1S/C10H19N/c1-7(2)11-8(3)9-4-5-10(11)6-9/h7-10H,4-6H2,1-3H3/t8?,9-,10+/m1/s1. The summed E-state index contributed by atoms with van der Waals surface area (Å²) in [5.74, 6) is 1.03. The van der Waals surface area contributed by atoms with Gasteiger partial charge in [0.2, 0.25) is 0 Å². The van der Waals surface area contributed by atoms with E-state index in [-0.39, 0.29) is 0 Å². The van der Waals surface area contributed by atoms with Gasteiger partial charge in [0.1, 0.15) is 0 Å². The average Bonchev–Trinajstić information content (AvgIpc) is 2.44. The minimum atomic E-state index is 0.764. The molecule has 1 saturated heterocycles. The Bertz CT molecular complexity index is 151. The molecule has 0 aromatic rings. The first-order valence-corrected chi connectivity index (χ1v) is 4.97. The zero-order chi connectivity index (χ0) is 8.01. The van der Waals surface area contributed by atoms with Gasteiger partial charge < -0.3 is 0 Å². The predicted molar refractivity (Wildman–Crippen MR) is 47.6 cm³/mol. The van der Waals surface area contributed by atoms with Crippen molar-refractivity contribution < 1.29 is 0 Å². The maximum absolute atomic E-state index is 2.72. The number of nitrogens with zero attached hydrogens (tertiary/aromatic N) is 1. The van der Waals surface area contributed by atoms with Gasteiger partial charge in [0.05, 0.1) is 0 Å². The highest BCUT2D eigenvalue weighted by atomic mass is 15.2. The quantitative estimate of drug-likeness (QED) is 0.558. The maximum atomic E-state index is 2.72. The van der Waals surface area contributed by atoms with E-state index in [4.69, 9.17) is 0 Å². The lowest BCUT2D eigenvalue weighted by atomic mass is 9.99. The Morgan fingerprint density at radius 3 is 2.36 bits per heavy atom. The van der Waals surface area contributed by atoms with E-state index >= 15 is 0 Å². The molecule has 0 aromatic heterocycles. The third kappa shape index (κ3) is 1.01. The van der Waals surface area contributed by atoms with Crippen LogP contribution in [0, 0.1) is 5.92 Å². The Kier molecular flexibility index (Phi) is 1.71. The first-order valence-electron chi connectivity index (χ1n) is 4.97. The SMILES string of the molecule is CC(C)N1C(C)[C@@H]2CC[C@H]1C2. The van der Waals surface area contributed by atoms with Crippen molar-refractivity contribution in [3.05, 3.63) is 0 Å². The van der Waals surface area contributed by atoms with Gasteiger partial charge in [0.25, 0.3) is 0 Å². The highest BCUT2D eigenvalue weighted by Gasteiger charge is 2.43. The van der Waals surface area contributed by atoms with Crippen LogP contribution in [0.15, 0.2) is 0 Å². The van der Waals surface area contributed by atoms with Crippen LogP contribution in [-0.4, -0.2) is 23.0 Å². The molecule has 1 nitrogen and oxygen atoms in total. The summed E-state index contributed by atoms with van der Waals surface area (Å²) < 4.78 is 0. The first kappa shape index (κ1) is 7.60. The third-order valence-corrected chi connectivity index (χ3v) is 3.62. The average molecular weight is 153 g/mol. The van der Waals surface area contributed by atoms with Crippen LogP contribution in [0.2, 0.25) is 0 Å². The number of likely N-dealkylation sites (tertiary alicyclic amines) is 1. The molecule has 0 spiro atoms. The highest BCUT2D eigenvalue weighted by Crippen LogP contribution is 2.42. The Morgan fingerprint density at radius 1 is 1.27 bits per heavy atom. The molecule has 11 heavy (non-hydrogen) atoms. The van der Waals surface area contributed by atoms with Crippen LogP contribution in [0.4, 0.5) is 0 Å². The van der Waals surface area contributed by atoms with Crippen molar-refractivity contribution in [2.24, 2.45) is 5.92 Å². The van der Waals surface area contributed by atoms with E-state index in [0.29, 0.717) is 0 Å². The molecule has 0 amide bonds. The fourth-order valence-corrected chi connectivity index (χ4v) is 3.17. The molecule has 2 fully saturated rings. The van der Waals surface area contributed by atoms with E-state index < -0.39 is 0 Å². The molecule has 0 aromatic carbocycles. The van der Waals surface area contributed by atoms with Crippen molar-refractivity contribution in [2.45, 2.75) is 58.2 Å². The van der Waals surface area contributed by atoms with Gasteiger partial charge in [0.15, 0.2) is 0 Å². The fraction of sp³-hybridized carbons (Fsp3) is 1.00. The van der Waals surface area contributed by atoms with Crippen molar-refractivity contribution in [2.75, 3.05) is 0 Å². The molecule has 1 unspecified atom stereocenters. The Balaban J connectivity index is 2.11.